The number of halogens is 2. The normalized spacial score (nSPS) is 12.4. The van der Waals surface area contributed by atoms with Crippen molar-refractivity contribution in [2.24, 2.45) is 5.73 Å². The van der Waals surface area contributed by atoms with Gasteiger partial charge in [-0.2, -0.15) is 0 Å². The van der Waals surface area contributed by atoms with Crippen LogP contribution >= 0.6 is 0 Å². The lowest BCUT2D eigenvalue weighted by Crippen LogP contribution is -2.05. The Hall–Kier alpha value is -1.74. The van der Waals surface area contributed by atoms with E-state index in [9.17, 15) is 8.78 Å². The molecule has 1 unspecified atom stereocenters. The van der Waals surface area contributed by atoms with Crippen LogP contribution in [-0.4, -0.2) is 6.54 Å². The van der Waals surface area contributed by atoms with Gasteiger partial charge in [0, 0.05) is 11.1 Å². The zero-order valence-electron chi connectivity index (χ0n) is 10.9. The van der Waals surface area contributed by atoms with Gasteiger partial charge < -0.3 is 5.73 Å². The van der Waals surface area contributed by atoms with Gasteiger partial charge in [-0.15, -0.1) is 0 Å². The van der Waals surface area contributed by atoms with E-state index in [0.717, 1.165) is 12.0 Å². The molecule has 2 aromatic carbocycles. The third kappa shape index (κ3) is 2.99. The third-order valence-corrected chi connectivity index (χ3v) is 3.32. The largest absolute Gasteiger partial charge is 0.330 e. The van der Waals surface area contributed by atoms with Crippen LogP contribution in [0, 0.1) is 11.6 Å². The highest BCUT2D eigenvalue weighted by Gasteiger charge is 2.12. The average molecular weight is 261 g/mol. The van der Waals surface area contributed by atoms with Crippen molar-refractivity contribution in [2.45, 2.75) is 19.3 Å². The summed E-state index contributed by atoms with van der Waals surface area (Å²) in [7, 11) is 0. The average Bonchev–Trinajstić information content (AvgIpc) is 2.40. The molecule has 1 atom stereocenters. The van der Waals surface area contributed by atoms with Gasteiger partial charge in [-0.3, -0.25) is 0 Å². The van der Waals surface area contributed by atoms with Crippen molar-refractivity contribution >= 4 is 0 Å². The summed E-state index contributed by atoms with van der Waals surface area (Å²) >= 11 is 0. The fourth-order valence-corrected chi connectivity index (χ4v) is 2.15. The Kier molecular flexibility index (Phi) is 4.27. The van der Waals surface area contributed by atoms with E-state index in [2.05, 4.69) is 0 Å². The minimum absolute atomic E-state index is 0.233. The molecular formula is C16H17F2N. The molecule has 0 radical (unpaired) electrons. The highest BCUT2D eigenvalue weighted by molar-refractivity contribution is 5.65. The molecule has 0 aromatic heterocycles. The molecule has 2 N–H and O–H groups in total. The molecule has 3 heteroatoms. The lowest BCUT2D eigenvalue weighted by atomic mass is 9.93. The molecule has 19 heavy (non-hydrogen) atoms. The minimum atomic E-state index is -0.412. The maximum absolute atomic E-state index is 13.9. The lowest BCUT2D eigenvalue weighted by Gasteiger charge is -2.13. The van der Waals surface area contributed by atoms with Gasteiger partial charge in [0.1, 0.15) is 11.6 Å². The molecule has 0 saturated heterocycles. The van der Waals surface area contributed by atoms with Crippen LogP contribution in [-0.2, 0) is 0 Å². The van der Waals surface area contributed by atoms with E-state index >= 15 is 0 Å². The summed E-state index contributed by atoms with van der Waals surface area (Å²) in [5.41, 5.74) is 7.11. The molecule has 0 heterocycles. The first kappa shape index (κ1) is 13.7. The SMILES string of the molecule is CC(CCN)c1ccc(F)c(-c2ccccc2F)c1. The van der Waals surface area contributed by atoms with E-state index in [-0.39, 0.29) is 5.92 Å². The number of hydrogen-bond acceptors (Lipinski definition) is 1. The third-order valence-electron chi connectivity index (χ3n) is 3.32. The Labute approximate surface area is 112 Å². The van der Waals surface area contributed by atoms with Gasteiger partial charge in [-0.25, -0.2) is 8.78 Å². The molecular weight excluding hydrogens is 244 g/mol. The van der Waals surface area contributed by atoms with Crippen LogP contribution in [0.3, 0.4) is 0 Å². The zero-order valence-corrected chi connectivity index (χ0v) is 10.9. The van der Waals surface area contributed by atoms with Crippen molar-refractivity contribution in [1.29, 1.82) is 0 Å². The molecule has 0 aliphatic rings. The molecule has 0 amide bonds. The Morgan fingerprint density at radius 3 is 2.37 bits per heavy atom. The summed E-state index contributed by atoms with van der Waals surface area (Å²) in [6.45, 7) is 2.61. The first-order valence-corrected chi connectivity index (χ1v) is 6.38. The second kappa shape index (κ2) is 5.93. The minimum Gasteiger partial charge on any atom is -0.330 e. The number of nitrogens with two attached hydrogens (primary N) is 1. The molecule has 0 saturated carbocycles. The molecule has 0 spiro atoms. The van der Waals surface area contributed by atoms with E-state index in [1.807, 2.05) is 6.92 Å². The zero-order chi connectivity index (χ0) is 13.8. The van der Waals surface area contributed by atoms with Gasteiger partial charge in [0.2, 0.25) is 0 Å². The maximum atomic E-state index is 13.9. The molecule has 0 fully saturated rings. The van der Waals surface area contributed by atoms with Gasteiger partial charge in [0.15, 0.2) is 0 Å². The van der Waals surface area contributed by atoms with E-state index in [0.29, 0.717) is 17.7 Å². The van der Waals surface area contributed by atoms with Gasteiger partial charge in [0.25, 0.3) is 0 Å². The van der Waals surface area contributed by atoms with Gasteiger partial charge in [-0.05, 0) is 42.6 Å². The van der Waals surface area contributed by atoms with Crippen LogP contribution in [0.1, 0.15) is 24.8 Å². The second-order valence-corrected chi connectivity index (χ2v) is 4.70. The number of benzene rings is 2. The monoisotopic (exact) mass is 261 g/mol. The fourth-order valence-electron chi connectivity index (χ4n) is 2.15. The van der Waals surface area contributed by atoms with E-state index in [1.165, 1.54) is 12.1 Å². The van der Waals surface area contributed by atoms with Crippen molar-refractivity contribution in [1.82, 2.24) is 0 Å². The predicted molar refractivity (Wildman–Crippen MR) is 73.9 cm³/mol. The molecule has 0 aliphatic carbocycles. The Bertz CT molecular complexity index is 566. The van der Waals surface area contributed by atoms with Gasteiger partial charge in [0.05, 0.1) is 0 Å². The van der Waals surface area contributed by atoms with Crippen LogP contribution in [0.5, 0.6) is 0 Å². The first-order chi connectivity index (χ1) is 9.13. The summed E-state index contributed by atoms with van der Waals surface area (Å²) in [5.74, 6) is -0.588. The molecule has 0 bridgehead atoms. The van der Waals surface area contributed by atoms with Crippen molar-refractivity contribution in [3.8, 4) is 11.1 Å². The van der Waals surface area contributed by atoms with Crippen LogP contribution in [0.4, 0.5) is 8.78 Å². The fraction of sp³-hybridized carbons (Fsp3) is 0.250. The van der Waals surface area contributed by atoms with E-state index < -0.39 is 11.6 Å². The predicted octanol–water partition coefficient (Wildman–Crippen LogP) is 4.08. The summed E-state index contributed by atoms with van der Waals surface area (Å²) in [4.78, 5) is 0. The molecule has 1 nitrogen and oxygen atoms in total. The standard InChI is InChI=1S/C16H17F2N/c1-11(8-9-19)12-6-7-16(18)14(10-12)13-4-2-3-5-15(13)17/h2-7,10-11H,8-9,19H2,1H3. The number of hydrogen-bond donors (Lipinski definition) is 1. The molecule has 0 aliphatic heterocycles. The van der Waals surface area contributed by atoms with Crippen molar-refractivity contribution in [3.63, 3.8) is 0 Å². The van der Waals surface area contributed by atoms with Crippen molar-refractivity contribution in [2.75, 3.05) is 6.54 Å². The van der Waals surface area contributed by atoms with Crippen LogP contribution in [0.15, 0.2) is 42.5 Å². The van der Waals surface area contributed by atoms with Crippen LogP contribution < -0.4 is 5.73 Å². The molecule has 2 aromatic rings. The molecule has 100 valence electrons. The van der Waals surface area contributed by atoms with E-state index in [1.54, 1.807) is 30.3 Å². The number of rotatable bonds is 4. The highest BCUT2D eigenvalue weighted by Crippen LogP contribution is 2.29. The van der Waals surface area contributed by atoms with E-state index in [4.69, 9.17) is 5.73 Å². The topological polar surface area (TPSA) is 26.0 Å². The second-order valence-electron chi connectivity index (χ2n) is 4.70. The summed E-state index contributed by atoms with van der Waals surface area (Å²) < 4.78 is 27.6. The Morgan fingerprint density at radius 2 is 1.68 bits per heavy atom. The lowest BCUT2D eigenvalue weighted by molar-refractivity contribution is 0.614. The van der Waals surface area contributed by atoms with Gasteiger partial charge >= 0.3 is 0 Å². The van der Waals surface area contributed by atoms with Crippen LogP contribution in [0.2, 0.25) is 0 Å². The summed E-state index contributed by atoms with van der Waals surface area (Å²) in [6, 6.07) is 11.1. The molecule has 2 rings (SSSR count). The Balaban J connectivity index is 2.46. The summed E-state index contributed by atoms with van der Waals surface area (Å²) in [6.07, 6.45) is 0.822. The quantitative estimate of drug-likeness (QED) is 0.881. The van der Waals surface area contributed by atoms with Gasteiger partial charge in [-0.1, -0.05) is 31.2 Å². The van der Waals surface area contributed by atoms with Crippen molar-refractivity contribution in [3.05, 3.63) is 59.7 Å². The van der Waals surface area contributed by atoms with Crippen molar-refractivity contribution < 1.29 is 8.78 Å². The Morgan fingerprint density at radius 1 is 1.00 bits per heavy atom. The maximum Gasteiger partial charge on any atom is 0.131 e. The summed E-state index contributed by atoms with van der Waals surface area (Å²) in [5, 5.41) is 0. The van der Waals surface area contributed by atoms with Crippen LogP contribution in [0.25, 0.3) is 11.1 Å². The highest BCUT2D eigenvalue weighted by atomic mass is 19.1. The smallest absolute Gasteiger partial charge is 0.131 e. The first-order valence-electron chi connectivity index (χ1n) is 6.38.